The molecule has 1 aliphatic carbocycles. The van der Waals surface area contributed by atoms with E-state index in [0.29, 0.717) is 5.57 Å². The summed E-state index contributed by atoms with van der Waals surface area (Å²) in [5, 5.41) is 8.33. The van der Waals surface area contributed by atoms with E-state index in [-0.39, 0.29) is 6.42 Å². The van der Waals surface area contributed by atoms with Gasteiger partial charge in [-0.05, 0) is 11.6 Å². The van der Waals surface area contributed by atoms with Gasteiger partial charge in [0.2, 0.25) is 0 Å². The molecule has 0 spiro atoms. The van der Waals surface area contributed by atoms with Gasteiger partial charge in [0.15, 0.2) is 0 Å². The van der Waals surface area contributed by atoms with E-state index in [1.54, 1.807) is 0 Å². The van der Waals surface area contributed by atoms with Crippen LogP contribution in [0.15, 0.2) is 23.8 Å². The van der Waals surface area contributed by atoms with Gasteiger partial charge in [0.05, 0.1) is 6.42 Å². The molecule has 0 unspecified atom stereocenters. The molecule has 0 fully saturated rings. The highest BCUT2D eigenvalue weighted by Crippen LogP contribution is 2.27. The average molecular weight is 174 g/mol. The molecule has 0 aliphatic heterocycles. The molecule has 0 heterocycles. The zero-order valence-electron chi connectivity index (χ0n) is 6.26. The first-order valence-corrected chi connectivity index (χ1v) is 3.47. The highest BCUT2D eigenvalue weighted by molar-refractivity contribution is 5.71. The van der Waals surface area contributed by atoms with E-state index in [0.717, 1.165) is 12.2 Å². The van der Waals surface area contributed by atoms with Crippen molar-refractivity contribution in [1.82, 2.24) is 0 Å². The van der Waals surface area contributed by atoms with Gasteiger partial charge in [-0.3, -0.25) is 4.79 Å². The van der Waals surface area contributed by atoms with Crippen LogP contribution in [0.5, 0.6) is 0 Å². The van der Waals surface area contributed by atoms with Crippen LogP contribution in [0.1, 0.15) is 12.8 Å². The molecule has 1 aliphatic rings. The van der Waals surface area contributed by atoms with Gasteiger partial charge in [0.1, 0.15) is 0 Å². The van der Waals surface area contributed by atoms with Crippen molar-refractivity contribution in [2.24, 2.45) is 0 Å². The van der Waals surface area contributed by atoms with Gasteiger partial charge < -0.3 is 5.11 Å². The van der Waals surface area contributed by atoms with Crippen LogP contribution in [0.3, 0.4) is 0 Å². The van der Waals surface area contributed by atoms with E-state index >= 15 is 0 Å². The highest BCUT2D eigenvalue weighted by Gasteiger charge is 2.26. The number of hydrogen-bond donors (Lipinski definition) is 1. The summed E-state index contributed by atoms with van der Waals surface area (Å²) in [5.41, 5.74) is 0.438. The van der Waals surface area contributed by atoms with E-state index < -0.39 is 18.3 Å². The lowest BCUT2D eigenvalue weighted by Crippen LogP contribution is -2.14. The lowest BCUT2D eigenvalue weighted by Gasteiger charge is -2.13. The lowest BCUT2D eigenvalue weighted by molar-refractivity contribution is -0.136. The number of carbonyl (C=O) groups is 1. The van der Waals surface area contributed by atoms with Crippen LogP contribution >= 0.6 is 0 Å². The number of rotatable bonds is 2. The van der Waals surface area contributed by atoms with Gasteiger partial charge in [-0.25, -0.2) is 8.78 Å². The molecule has 0 atom stereocenters. The second-order valence-electron chi connectivity index (χ2n) is 2.65. The standard InChI is InChI=1S/C8H8F2O2/c9-8(10)3-1-6(2-4-8)5-7(11)12/h1-3H,4-5H2,(H,11,12). The summed E-state index contributed by atoms with van der Waals surface area (Å²) in [5.74, 6) is -3.81. The molecule has 0 aromatic heterocycles. The largest absolute Gasteiger partial charge is 0.481 e. The topological polar surface area (TPSA) is 37.3 Å². The molecule has 12 heavy (non-hydrogen) atoms. The zero-order chi connectivity index (χ0) is 9.19. The Bertz CT molecular complexity index is 254. The maximum Gasteiger partial charge on any atom is 0.307 e. The maximum atomic E-state index is 12.4. The van der Waals surface area contributed by atoms with Crippen molar-refractivity contribution in [2.45, 2.75) is 18.8 Å². The van der Waals surface area contributed by atoms with E-state index in [2.05, 4.69) is 0 Å². The van der Waals surface area contributed by atoms with Crippen LogP contribution in [0.2, 0.25) is 0 Å². The van der Waals surface area contributed by atoms with Gasteiger partial charge in [-0.15, -0.1) is 0 Å². The molecule has 2 nitrogen and oxygen atoms in total. The van der Waals surface area contributed by atoms with Crippen molar-refractivity contribution in [1.29, 1.82) is 0 Å². The molecular weight excluding hydrogens is 166 g/mol. The third-order valence-electron chi connectivity index (χ3n) is 1.53. The predicted molar refractivity (Wildman–Crippen MR) is 39.0 cm³/mol. The van der Waals surface area contributed by atoms with Crippen LogP contribution in [-0.4, -0.2) is 17.0 Å². The number of carboxylic acid groups (broad SMARTS) is 1. The van der Waals surface area contributed by atoms with Crippen molar-refractivity contribution in [3.63, 3.8) is 0 Å². The summed E-state index contributed by atoms with van der Waals surface area (Å²) in [6.45, 7) is 0. The number of alkyl halides is 2. The predicted octanol–water partition coefficient (Wildman–Crippen LogP) is 1.98. The van der Waals surface area contributed by atoms with Crippen molar-refractivity contribution in [3.05, 3.63) is 23.8 Å². The van der Waals surface area contributed by atoms with Crippen LogP contribution in [0.4, 0.5) is 8.78 Å². The Morgan fingerprint density at radius 2 is 2.33 bits per heavy atom. The normalized spacial score (nSPS) is 20.3. The van der Waals surface area contributed by atoms with Crippen molar-refractivity contribution >= 4 is 5.97 Å². The summed E-state index contributed by atoms with van der Waals surface area (Å²) >= 11 is 0. The molecule has 1 rings (SSSR count). The molecule has 0 radical (unpaired) electrons. The van der Waals surface area contributed by atoms with Crippen LogP contribution in [0, 0.1) is 0 Å². The molecule has 0 amide bonds. The van der Waals surface area contributed by atoms with Crippen molar-refractivity contribution in [3.8, 4) is 0 Å². The number of halogens is 2. The minimum Gasteiger partial charge on any atom is -0.481 e. The van der Waals surface area contributed by atoms with Gasteiger partial charge in [-0.1, -0.05) is 12.2 Å². The Hall–Kier alpha value is -1.19. The van der Waals surface area contributed by atoms with Crippen LogP contribution in [0.25, 0.3) is 0 Å². The Morgan fingerprint density at radius 1 is 1.67 bits per heavy atom. The summed E-state index contributed by atoms with van der Waals surface area (Å²) in [6, 6.07) is 0. The van der Waals surface area contributed by atoms with Gasteiger partial charge in [0.25, 0.3) is 5.92 Å². The summed E-state index contributed by atoms with van der Waals surface area (Å²) in [6.07, 6.45) is 2.58. The number of hydrogen-bond acceptors (Lipinski definition) is 1. The van der Waals surface area contributed by atoms with Crippen molar-refractivity contribution in [2.75, 3.05) is 0 Å². The Balaban J connectivity index is 2.58. The SMILES string of the molecule is O=C(O)CC1=CCC(F)(F)C=C1. The van der Waals surface area contributed by atoms with Gasteiger partial charge >= 0.3 is 5.97 Å². The highest BCUT2D eigenvalue weighted by atomic mass is 19.3. The second kappa shape index (κ2) is 3.05. The monoisotopic (exact) mass is 174 g/mol. The number of aliphatic carboxylic acids is 1. The number of carboxylic acids is 1. The summed E-state index contributed by atoms with van der Waals surface area (Å²) < 4.78 is 24.9. The van der Waals surface area contributed by atoms with Gasteiger partial charge in [0, 0.05) is 6.42 Å². The fourth-order valence-corrected chi connectivity index (χ4v) is 0.938. The fraction of sp³-hybridized carbons (Fsp3) is 0.375. The van der Waals surface area contributed by atoms with Crippen LogP contribution < -0.4 is 0 Å². The summed E-state index contributed by atoms with van der Waals surface area (Å²) in [7, 11) is 0. The number of allylic oxidation sites excluding steroid dienone is 3. The third kappa shape index (κ3) is 2.45. The molecule has 1 N–H and O–H groups in total. The molecule has 0 saturated carbocycles. The third-order valence-corrected chi connectivity index (χ3v) is 1.53. The second-order valence-corrected chi connectivity index (χ2v) is 2.65. The minimum absolute atomic E-state index is 0.188. The quantitative estimate of drug-likeness (QED) is 0.695. The molecule has 66 valence electrons. The van der Waals surface area contributed by atoms with Gasteiger partial charge in [-0.2, -0.15) is 0 Å². The maximum absolute atomic E-state index is 12.4. The van der Waals surface area contributed by atoms with E-state index in [4.69, 9.17) is 5.11 Å². The molecular formula is C8H8F2O2. The Kier molecular flexibility index (Phi) is 2.26. The Labute approximate surface area is 68.2 Å². The van der Waals surface area contributed by atoms with Crippen molar-refractivity contribution < 1.29 is 18.7 Å². The fourth-order valence-electron chi connectivity index (χ4n) is 0.938. The van der Waals surface area contributed by atoms with Crippen LogP contribution in [-0.2, 0) is 4.79 Å². The smallest absolute Gasteiger partial charge is 0.307 e. The van der Waals surface area contributed by atoms with E-state index in [1.165, 1.54) is 6.08 Å². The molecule has 4 heteroatoms. The molecule has 0 bridgehead atoms. The minimum atomic E-state index is -2.80. The molecule has 0 aromatic rings. The zero-order valence-corrected chi connectivity index (χ0v) is 6.26. The molecule has 0 saturated heterocycles. The Morgan fingerprint density at radius 3 is 2.75 bits per heavy atom. The van der Waals surface area contributed by atoms with E-state index in [9.17, 15) is 13.6 Å². The average Bonchev–Trinajstić information content (AvgIpc) is 1.93. The van der Waals surface area contributed by atoms with E-state index in [1.807, 2.05) is 0 Å². The molecule has 0 aromatic carbocycles. The first kappa shape index (κ1) is 8.90. The summed E-state index contributed by atoms with van der Waals surface area (Å²) in [4.78, 5) is 10.2. The first-order chi connectivity index (χ1) is 5.49. The lowest BCUT2D eigenvalue weighted by atomic mass is 10.0. The first-order valence-electron chi connectivity index (χ1n) is 3.47.